The Hall–Kier alpha value is -1.07. The van der Waals surface area contributed by atoms with Crippen LogP contribution in [-0.2, 0) is 11.8 Å². The Morgan fingerprint density at radius 1 is 1.23 bits per heavy atom. The van der Waals surface area contributed by atoms with E-state index in [0.717, 1.165) is 51.6 Å². The van der Waals surface area contributed by atoms with Crippen molar-refractivity contribution in [2.24, 2.45) is 12.0 Å². The van der Waals surface area contributed by atoms with Gasteiger partial charge in [-0.1, -0.05) is 0 Å². The van der Waals surface area contributed by atoms with Crippen LogP contribution in [0.25, 0.3) is 0 Å². The van der Waals surface area contributed by atoms with Crippen molar-refractivity contribution >= 4 is 35.6 Å². The van der Waals surface area contributed by atoms with Crippen molar-refractivity contribution in [3.05, 3.63) is 12.4 Å². The Morgan fingerprint density at radius 3 is 2.67 bits per heavy atom. The van der Waals surface area contributed by atoms with Gasteiger partial charge in [-0.2, -0.15) is 5.10 Å². The number of guanidine groups is 1. The van der Waals surface area contributed by atoms with Gasteiger partial charge in [0, 0.05) is 64.7 Å². The lowest BCUT2D eigenvalue weighted by molar-refractivity contribution is -0.0164. The number of piperidine rings is 1. The molecule has 3 aliphatic rings. The van der Waals surface area contributed by atoms with E-state index in [2.05, 4.69) is 36.7 Å². The number of rotatable bonds is 5. The summed E-state index contributed by atoms with van der Waals surface area (Å²) < 4.78 is 7.56. The Bertz CT molecular complexity index is 683. The zero-order valence-electron chi connectivity index (χ0n) is 18.5. The predicted molar refractivity (Wildman–Crippen MR) is 132 cm³/mol. The lowest BCUT2D eigenvalue weighted by atomic mass is 9.88. The number of anilines is 1. The summed E-state index contributed by atoms with van der Waals surface area (Å²) in [6.45, 7) is 7.19. The summed E-state index contributed by atoms with van der Waals surface area (Å²) in [5.74, 6) is 0.924. The van der Waals surface area contributed by atoms with E-state index in [9.17, 15) is 0 Å². The molecule has 1 aromatic heterocycles. The fraction of sp³-hybridized carbons (Fsp3) is 0.810. The van der Waals surface area contributed by atoms with Crippen molar-refractivity contribution in [3.63, 3.8) is 0 Å². The van der Waals surface area contributed by atoms with Gasteiger partial charge in [-0.3, -0.25) is 14.6 Å². The third-order valence-electron chi connectivity index (χ3n) is 6.83. The number of hydrogen-bond acceptors (Lipinski definition) is 5. The molecule has 3 saturated heterocycles. The van der Waals surface area contributed by atoms with E-state index in [4.69, 9.17) is 4.74 Å². The van der Waals surface area contributed by atoms with Gasteiger partial charge in [0.05, 0.1) is 11.9 Å². The molecule has 8 nitrogen and oxygen atoms in total. The van der Waals surface area contributed by atoms with Crippen LogP contribution >= 0.6 is 24.0 Å². The van der Waals surface area contributed by atoms with E-state index in [-0.39, 0.29) is 29.5 Å². The largest absolute Gasteiger partial charge is 0.381 e. The summed E-state index contributed by atoms with van der Waals surface area (Å²) in [5.41, 5.74) is 1.41. The zero-order valence-corrected chi connectivity index (χ0v) is 20.8. The SMILES string of the molecule is CN=C(NCC1(N2CCCC2)CCOCC1)NC1CCCN(c2cnn(C)c2)C1.I. The minimum absolute atomic E-state index is 0. The van der Waals surface area contributed by atoms with Gasteiger partial charge in [-0.05, 0) is 51.6 Å². The highest BCUT2D eigenvalue weighted by atomic mass is 127. The maximum absolute atomic E-state index is 5.68. The van der Waals surface area contributed by atoms with Crippen molar-refractivity contribution in [1.82, 2.24) is 25.3 Å². The molecule has 0 radical (unpaired) electrons. The number of halogens is 1. The van der Waals surface area contributed by atoms with Crippen LogP contribution in [0.5, 0.6) is 0 Å². The van der Waals surface area contributed by atoms with Crippen molar-refractivity contribution < 1.29 is 4.74 Å². The number of ether oxygens (including phenoxy) is 1. The van der Waals surface area contributed by atoms with E-state index >= 15 is 0 Å². The van der Waals surface area contributed by atoms with Gasteiger partial charge in [0.15, 0.2) is 5.96 Å². The number of aliphatic imine (C=N–C) groups is 1. The standard InChI is InChI=1S/C21H37N7O.HI/c1-22-20(23-17-21(7-12-29-13-8-21)28-10-3-4-11-28)25-18-6-5-9-27(15-18)19-14-24-26(2)16-19;/h14,16,18H,3-13,15,17H2,1-2H3,(H2,22,23,25);1H. The van der Waals surface area contributed by atoms with Crippen molar-refractivity contribution in [1.29, 1.82) is 0 Å². The lowest BCUT2D eigenvalue weighted by Crippen LogP contribution is -2.59. The molecule has 30 heavy (non-hydrogen) atoms. The van der Waals surface area contributed by atoms with Gasteiger partial charge in [-0.15, -0.1) is 24.0 Å². The normalized spacial score (nSPS) is 25.1. The summed E-state index contributed by atoms with van der Waals surface area (Å²) in [5, 5.41) is 11.7. The van der Waals surface area contributed by atoms with Gasteiger partial charge >= 0.3 is 0 Å². The average Bonchev–Trinajstić information content (AvgIpc) is 3.44. The first-order chi connectivity index (χ1) is 14.2. The zero-order chi connectivity index (χ0) is 20.1. The van der Waals surface area contributed by atoms with Crippen molar-refractivity contribution in [2.45, 2.75) is 50.1 Å². The van der Waals surface area contributed by atoms with Gasteiger partial charge in [0.25, 0.3) is 0 Å². The fourth-order valence-corrected chi connectivity index (χ4v) is 5.08. The summed E-state index contributed by atoms with van der Waals surface area (Å²) in [6.07, 6.45) is 11.3. The molecular formula is C21H38IN7O. The van der Waals surface area contributed by atoms with Crippen LogP contribution in [0.3, 0.4) is 0 Å². The summed E-state index contributed by atoms with van der Waals surface area (Å²) in [6, 6.07) is 0.396. The minimum atomic E-state index is 0. The molecule has 0 bridgehead atoms. The van der Waals surface area contributed by atoms with Crippen LogP contribution < -0.4 is 15.5 Å². The smallest absolute Gasteiger partial charge is 0.191 e. The first-order valence-electron chi connectivity index (χ1n) is 11.2. The fourth-order valence-electron chi connectivity index (χ4n) is 5.08. The minimum Gasteiger partial charge on any atom is -0.381 e. The molecule has 9 heteroatoms. The highest BCUT2D eigenvalue weighted by Gasteiger charge is 2.39. The van der Waals surface area contributed by atoms with Crippen LogP contribution in [0, 0.1) is 0 Å². The molecule has 0 aromatic carbocycles. The third-order valence-corrected chi connectivity index (χ3v) is 6.83. The van der Waals surface area contributed by atoms with Crippen LogP contribution in [-0.4, -0.2) is 85.2 Å². The molecule has 3 fully saturated rings. The Morgan fingerprint density at radius 2 is 2.00 bits per heavy atom. The molecule has 170 valence electrons. The molecule has 4 heterocycles. The molecule has 1 unspecified atom stereocenters. The number of hydrogen-bond donors (Lipinski definition) is 2. The Balaban J connectivity index is 0.00000256. The molecule has 0 saturated carbocycles. The van der Waals surface area contributed by atoms with Crippen molar-refractivity contribution in [2.75, 3.05) is 57.9 Å². The van der Waals surface area contributed by atoms with Crippen molar-refractivity contribution in [3.8, 4) is 0 Å². The number of nitrogens with one attached hydrogen (secondary N) is 2. The van der Waals surface area contributed by atoms with Gasteiger partial charge in [0.2, 0.25) is 0 Å². The summed E-state index contributed by atoms with van der Waals surface area (Å²) >= 11 is 0. The number of aromatic nitrogens is 2. The molecule has 0 spiro atoms. The second kappa shape index (κ2) is 11.0. The molecule has 4 rings (SSSR count). The molecule has 1 aromatic rings. The van der Waals surface area contributed by atoms with E-state index in [0.29, 0.717) is 6.04 Å². The topological polar surface area (TPSA) is 70.0 Å². The van der Waals surface area contributed by atoms with Crippen LogP contribution in [0.4, 0.5) is 5.69 Å². The molecule has 3 aliphatic heterocycles. The van der Waals surface area contributed by atoms with Crippen LogP contribution in [0.15, 0.2) is 17.4 Å². The number of nitrogens with zero attached hydrogens (tertiary/aromatic N) is 5. The summed E-state index contributed by atoms with van der Waals surface area (Å²) in [4.78, 5) is 9.65. The lowest BCUT2D eigenvalue weighted by Gasteiger charge is -2.45. The molecule has 2 N–H and O–H groups in total. The quantitative estimate of drug-likeness (QED) is 0.343. The first-order valence-corrected chi connectivity index (χ1v) is 11.2. The maximum atomic E-state index is 5.68. The van der Waals surface area contributed by atoms with E-state index in [1.54, 1.807) is 0 Å². The van der Waals surface area contributed by atoms with E-state index in [1.165, 1.54) is 44.5 Å². The number of aryl methyl sites for hydroxylation is 1. The van der Waals surface area contributed by atoms with Crippen LogP contribution in [0.2, 0.25) is 0 Å². The summed E-state index contributed by atoms with van der Waals surface area (Å²) in [7, 11) is 3.85. The molecule has 0 amide bonds. The monoisotopic (exact) mass is 531 g/mol. The van der Waals surface area contributed by atoms with E-state index < -0.39 is 0 Å². The molecule has 0 aliphatic carbocycles. The maximum Gasteiger partial charge on any atom is 0.191 e. The second-order valence-corrected chi connectivity index (χ2v) is 8.76. The number of likely N-dealkylation sites (tertiary alicyclic amines) is 1. The highest BCUT2D eigenvalue weighted by molar-refractivity contribution is 14.0. The van der Waals surface area contributed by atoms with Crippen LogP contribution in [0.1, 0.15) is 38.5 Å². The average molecular weight is 531 g/mol. The highest BCUT2D eigenvalue weighted by Crippen LogP contribution is 2.30. The van der Waals surface area contributed by atoms with Gasteiger partial charge < -0.3 is 20.3 Å². The third kappa shape index (κ3) is 5.59. The molecular weight excluding hydrogens is 493 g/mol. The Kier molecular flexibility index (Phi) is 8.64. The second-order valence-electron chi connectivity index (χ2n) is 8.76. The Labute approximate surface area is 197 Å². The first kappa shape index (κ1) is 23.6. The predicted octanol–water partition coefficient (Wildman–Crippen LogP) is 1.82. The molecule has 1 atom stereocenters. The van der Waals surface area contributed by atoms with Gasteiger partial charge in [-0.25, -0.2) is 0 Å². The van der Waals surface area contributed by atoms with Gasteiger partial charge in [0.1, 0.15) is 0 Å². The van der Waals surface area contributed by atoms with E-state index in [1.807, 2.05) is 25.0 Å².